The molecule has 2 fully saturated rings. The smallest absolute Gasteiger partial charge is 0.170 e. The van der Waals surface area contributed by atoms with Gasteiger partial charge in [-0.1, -0.05) is 5.16 Å². The average Bonchev–Trinajstić information content (AvgIpc) is 3.31. The lowest BCUT2D eigenvalue weighted by Crippen LogP contribution is -2.47. The van der Waals surface area contributed by atoms with Gasteiger partial charge in [0.1, 0.15) is 5.82 Å². The van der Waals surface area contributed by atoms with Crippen molar-refractivity contribution < 1.29 is 5.21 Å². The van der Waals surface area contributed by atoms with Crippen LogP contribution in [0.25, 0.3) is 0 Å². The average molecular weight is 261 g/mol. The van der Waals surface area contributed by atoms with Gasteiger partial charge in [0.2, 0.25) is 0 Å². The summed E-state index contributed by atoms with van der Waals surface area (Å²) in [6.45, 7) is 4.17. The molecule has 1 saturated carbocycles. The van der Waals surface area contributed by atoms with Crippen LogP contribution < -0.4 is 10.6 Å². The fraction of sp³-hybridized carbons (Fsp3) is 0.538. The molecule has 0 radical (unpaired) electrons. The number of piperazine rings is 1. The topological polar surface area (TPSA) is 78.0 Å². The summed E-state index contributed by atoms with van der Waals surface area (Å²) < 4.78 is 0. The number of aromatic nitrogens is 1. The van der Waals surface area contributed by atoms with Crippen LogP contribution >= 0.6 is 0 Å². The summed E-state index contributed by atoms with van der Waals surface area (Å²) in [5, 5.41) is 11.7. The molecule has 1 aromatic rings. The standard InChI is InChI=1S/C13H19N5O/c14-13(16-19)10-3-4-15-12(9-10)18-7-5-17(6-8-18)11-1-2-11/h3-4,9,11,19H,1-2,5-8H2,(H2,14,16). The predicted molar refractivity (Wildman–Crippen MR) is 73.6 cm³/mol. The minimum atomic E-state index is 0.125. The van der Waals surface area contributed by atoms with Crippen molar-refractivity contribution in [3.05, 3.63) is 23.9 Å². The Labute approximate surface area is 112 Å². The molecule has 2 aliphatic rings. The maximum Gasteiger partial charge on any atom is 0.170 e. The summed E-state index contributed by atoms with van der Waals surface area (Å²) in [6.07, 6.45) is 4.42. The monoisotopic (exact) mass is 261 g/mol. The van der Waals surface area contributed by atoms with E-state index in [9.17, 15) is 0 Å². The summed E-state index contributed by atoms with van der Waals surface area (Å²) in [5.41, 5.74) is 6.31. The number of amidine groups is 1. The lowest BCUT2D eigenvalue weighted by atomic mass is 10.2. The van der Waals surface area contributed by atoms with E-state index in [0.717, 1.165) is 38.0 Å². The Morgan fingerprint density at radius 3 is 2.68 bits per heavy atom. The van der Waals surface area contributed by atoms with Crippen LogP contribution in [0.5, 0.6) is 0 Å². The van der Waals surface area contributed by atoms with Crippen molar-refractivity contribution in [2.45, 2.75) is 18.9 Å². The van der Waals surface area contributed by atoms with Crippen molar-refractivity contribution in [1.29, 1.82) is 0 Å². The summed E-state index contributed by atoms with van der Waals surface area (Å²) in [6, 6.07) is 4.46. The van der Waals surface area contributed by atoms with Crippen LogP contribution in [0.4, 0.5) is 5.82 Å². The summed E-state index contributed by atoms with van der Waals surface area (Å²) in [4.78, 5) is 9.20. The second-order valence-corrected chi connectivity index (χ2v) is 5.14. The fourth-order valence-corrected chi connectivity index (χ4v) is 2.56. The first-order valence-electron chi connectivity index (χ1n) is 6.71. The van der Waals surface area contributed by atoms with Gasteiger partial charge in [-0.15, -0.1) is 0 Å². The lowest BCUT2D eigenvalue weighted by molar-refractivity contribution is 0.247. The molecule has 0 amide bonds. The number of nitrogens with zero attached hydrogens (tertiary/aromatic N) is 4. The number of hydrogen-bond donors (Lipinski definition) is 2. The molecular weight excluding hydrogens is 242 g/mol. The maximum atomic E-state index is 8.71. The van der Waals surface area contributed by atoms with Crippen LogP contribution in [0.1, 0.15) is 18.4 Å². The Morgan fingerprint density at radius 2 is 2.05 bits per heavy atom. The molecule has 3 rings (SSSR count). The van der Waals surface area contributed by atoms with E-state index in [1.54, 1.807) is 12.3 Å². The van der Waals surface area contributed by atoms with Gasteiger partial charge in [-0.2, -0.15) is 0 Å². The Bertz CT molecular complexity index is 478. The minimum absolute atomic E-state index is 0.125. The first kappa shape index (κ1) is 12.2. The highest BCUT2D eigenvalue weighted by Gasteiger charge is 2.31. The molecule has 1 aromatic heterocycles. The van der Waals surface area contributed by atoms with E-state index in [-0.39, 0.29) is 5.84 Å². The van der Waals surface area contributed by atoms with Crippen LogP contribution in [0, 0.1) is 0 Å². The molecule has 3 N–H and O–H groups in total. The molecule has 0 atom stereocenters. The van der Waals surface area contributed by atoms with Crippen molar-refractivity contribution in [1.82, 2.24) is 9.88 Å². The molecule has 2 heterocycles. The highest BCUT2D eigenvalue weighted by atomic mass is 16.4. The summed E-state index contributed by atoms with van der Waals surface area (Å²) >= 11 is 0. The van der Waals surface area contributed by atoms with Crippen LogP contribution in [0.15, 0.2) is 23.5 Å². The number of oxime groups is 1. The van der Waals surface area contributed by atoms with Gasteiger partial charge < -0.3 is 15.8 Å². The normalized spacial score (nSPS) is 21.7. The molecular formula is C13H19N5O. The van der Waals surface area contributed by atoms with Crippen molar-refractivity contribution >= 4 is 11.7 Å². The molecule has 102 valence electrons. The van der Waals surface area contributed by atoms with Gasteiger partial charge in [-0.05, 0) is 25.0 Å². The highest BCUT2D eigenvalue weighted by Crippen LogP contribution is 2.28. The van der Waals surface area contributed by atoms with Gasteiger partial charge in [0.05, 0.1) is 0 Å². The zero-order valence-electron chi connectivity index (χ0n) is 10.9. The van der Waals surface area contributed by atoms with Crippen molar-refractivity contribution in [2.24, 2.45) is 10.9 Å². The summed E-state index contributed by atoms with van der Waals surface area (Å²) in [5.74, 6) is 1.03. The van der Waals surface area contributed by atoms with E-state index in [2.05, 4.69) is 19.9 Å². The van der Waals surface area contributed by atoms with E-state index in [4.69, 9.17) is 10.9 Å². The summed E-state index contributed by atoms with van der Waals surface area (Å²) in [7, 11) is 0. The van der Waals surface area contributed by atoms with E-state index in [1.807, 2.05) is 6.07 Å². The predicted octanol–water partition coefficient (Wildman–Crippen LogP) is 0.460. The van der Waals surface area contributed by atoms with Gasteiger partial charge in [0.15, 0.2) is 5.84 Å². The highest BCUT2D eigenvalue weighted by molar-refractivity contribution is 5.97. The maximum absolute atomic E-state index is 8.71. The molecule has 1 aliphatic heterocycles. The zero-order valence-corrected chi connectivity index (χ0v) is 10.9. The molecule has 6 nitrogen and oxygen atoms in total. The molecule has 0 bridgehead atoms. The molecule has 19 heavy (non-hydrogen) atoms. The largest absolute Gasteiger partial charge is 0.409 e. The minimum Gasteiger partial charge on any atom is -0.409 e. The Hall–Kier alpha value is -1.82. The third-order valence-electron chi connectivity index (χ3n) is 3.85. The molecule has 1 saturated heterocycles. The zero-order chi connectivity index (χ0) is 13.2. The molecule has 1 aliphatic carbocycles. The number of rotatable bonds is 3. The molecule has 6 heteroatoms. The lowest BCUT2D eigenvalue weighted by Gasteiger charge is -2.35. The number of nitrogens with two attached hydrogens (primary N) is 1. The Balaban J connectivity index is 1.69. The van der Waals surface area contributed by atoms with Gasteiger partial charge >= 0.3 is 0 Å². The van der Waals surface area contributed by atoms with E-state index < -0.39 is 0 Å². The van der Waals surface area contributed by atoms with E-state index >= 15 is 0 Å². The van der Waals surface area contributed by atoms with Crippen LogP contribution in [0.2, 0.25) is 0 Å². The molecule has 0 unspecified atom stereocenters. The second kappa shape index (κ2) is 5.05. The first-order chi connectivity index (χ1) is 9.28. The van der Waals surface area contributed by atoms with E-state index in [1.165, 1.54) is 12.8 Å². The van der Waals surface area contributed by atoms with Gasteiger partial charge in [0, 0.05) is 44.0 Å². The van der Waals surface area contributed by atoms with Crippen molar-refractivity contribution in [3.8, 4) is 0 Å². The second-order valence-electron chi connectivity index (χ2n) is 5.14. The number of anilines is 1. The Morgan fingerprint density at radius 1 is 1.32 bits per heavy atom. The quantitative estimate of drug-likeness (QED) is 0.358. The van der Waals surface area contributed by atoms with Gasteiger partial charge in [-0.3, -0.25) is 4.90 Å². The molecule has 0 aromatic carbocycles. The third kappa shape index (κ3) is 2.63. The number of hydrogen-bond acceptors (Lipinski definition) is 5. The third-order valence-corrected chi connectivity index (χ3v) is 3.85. The van der Waals surface area contributed by atoms with Gasteiger partial charge in [-0.25, -0.2) is 4.98 Å². The first-order valence-corrected chi connectivity index (χ1v) is 6.71. The van der Waals surface area contributed by atoms with Gasteiger partial charge in [0.25, 0.3) is 0 Å². The fourth-order valence-electron chi connectivity index (χ4n) is 2.56. The Kier molecular flexibility index (Phi) is 3.25. The van der Waals surface area contributed by atoms with Crippen LogP contribution in [-0.4, -0.2) is 53.1 Å². The molecule has 0 spiro atoms. The van der Waals surface area contributed by atoms with Crippen LogP contribution in [-0.2, 0) is 0 Å². The van der Waals surface area contributed by atoms with E-state index in [0.29, 0.717) is 5.56 Å². The van der Waals surface area contributed by atoms with Crippen molar-refractivity contribution in [3.63, 3.8) is 0 Å². The SMILES string of the molecule is NC(=NO)c1ccnc(N2CCN(C3CC3)CC2)c1. The van der Waals surface area contributed by atoms with Crippen LogP contribution in [0.3, 0.4) is 0 Å². The van der Waals surface area contributed by atoms with Crippen molar-refractivity contribution in [2.75, 3.05) is 31.1 Å². The number of pyridine rings is 1.